The van der Waals surface area contributed by atoms with Crippen molar-refractivity contribution in [3.8, 4) is 0 Å². The highest BCUT2D eigenvalue weighted by Crippen LogP contribution is 2.30. The Morgan fingerprint density at radius 2 is 1.66 bits per heavy atom. The third kappa shape index (κ3) is 6.28. The van der Waals surface area contributed by atoms with Crippen LogP contribution in [0, 0.1) is 0 Å². The van der Waals surface area contributed by atoms with E-state index in [9.17, 15) is 8.42 Å². The van der Waals surface area contributed by atoms with E-state index < -0.39 is 10.0 Å². The van der Waals surface area contributed by atoms with Crippen LogP contribution in [0.2, 0.25) is 5.15 Å². The van der Waals surface area contributed by atoms with Crippen LogP contribution >= 0.6 is 11.6 Å². The summed E-state index contributed by atoms with van der Waals surface area (Å²) in [6.45, 7) is 5.28. The number of likely N-dealkylation sites (N-methyl/N-ethyl adjacent to an activating group) is 1. The maximum atomic E-state index is 12.6. The average molecular weight is 516 g/mol. The van der Waals surface area contributed by atoms with E-state index in [1.165, 1.54) is 31.9 Å². The molecule has 2 N–H and O–H groups in total. The number of sulfonamides is 1. The lowest BCUT2D eigenvalue weighted by Gasteiger charge is -2.32. The number of nitrogens with one attached hydrogen (secondary N) is 2. The zero-order valence-electron chi connectivity index (χ0n) is 20.1. The van der Waals surface area contributed by atoms with Crippen molar-refractivity contribution < 1.29 is 8.42 Å². The van der Waals surface area contributed by atoms with Gasteiger partial charge in [-0.2, -0.15) is 4.98 Å². The fourth-order valence-corrected chi connectivity index (χ4v) is 4.95. The third-order valence-corrected chi connectivity index (χ3v) is 8.03. The average Bonchev–Trinajstić information content (AvgIpc) is 2.84. The van der Waals surface area contributed by atoms with Crippen LogP contribution in [0.15, 0.2) is 59.6 Å². The third-order valence-electron chi connectivity index (χ3n) is 5.87. The molecule has 0 amide bonds. The number of anilines is 4. The highest BCUT2D eigenvalue weighted by Gasteiger charge is 2.21. The van der Waals surface area contributed by atoms with Crippen molar-refractivity contribution in [3.05, 3.63) is 65.4 Å². The van der Waals surface area contributed by atoms with E-state index in [0.29, 0.717) is 17.3 Å². The van der Waals surface area contributed by atoms with E-state index >= 15 is 0 Å². The van der Waals surface area contributed by atoms with Gasteiger partial charge in [0.2, 0.25) is 16.0 Å². The zero-order chi connectivity index (χ0) is 25.0. The van der Waals surface area contributed by atoms with Gasteiger partial charge in [0.1, 0.15) is 4.90 Å². The van der Waals surface area contributed by atoms with Gasteiger partial charge >= 0.3 is 0 Å². The summed E-state index contributed by atoms with van der Waals surface area (Å²) < 4.78 is 26.4. The van der Waals surface area contributed by atoms with Crippen LogP contribution in [0.4, 0.5) is 23.0 Å². The molecule has 35 heavy (non-hydrogen) atoms. The first-order chi connectivity index (χ1) is 16.7. The van der Waals surface area contributed by atoms with Gasteiger partial charge in [-0.1, -0.05) is 35.9 Å². The highest BCUT2D eigenvalue weighted by molar-refractivity contribution is 7.89. The number of nitrogens with zero attached hydrogens (tertiary/aromatic N) is 5. The number of hydrogen-bond acceptors (Lipinski definition) is 8. The topological polar surface area (TPSA) is 93.7 Å². The van der Waals surface area contributed by atoms with Crippen LogP contribution < -0.4 is 10.6 Å². The maximum absolute atomic E-state index is 12.6. The van der Waals surface area contributed by atoms with Gasteiger partial charge in [-0.25, -0.2) is 17.7 Å². The molecule has 9 nitrogen and oxygen atoms in total. The van der Waals surface area contributed by atoms with Gasteiger partial charge < -0.3 is 15.5 Å². The normalized spacial score (nSPS) is 15.3. The first kappa shape index (κ1) is 25.3. The zero-order valence-corrected chi connectivity index (χ0v) is 21.6. The second-order valence-corrected chi connectivity index (χ2v) is 11.2. The van der Waals surface area contributed by atoms with Crippen LogP contribution in [0.25, 0.3) is 0 Å². The molecule has 3 aromatic rings. The Balaban J connectivity index is 1.42. The molecule has 0 bridgehead atoms. The highest BCUT2D eigenvalue weighted by atomic mass is 35.5. The summed E-state index contributed by atoms with van der Waals surface area (Å²) in [5, 5.41) is 6.38. The second-order valence-electron chi connectivity index (χ2n) is 8.71. The minimum absolute atomic E-state index is 0.139. The fraction of sp³-hybridized carbons (Fsp3) is 0.333. The minimum atomic E-state index is -3.64. The molecule has 11 heteroatoms. The van der Waals surface area contributed by atoms with Crippen molar-refractivity contribution in [2.75, 3.05) is 58.0 Å². The fourth-order valence-electron chi connectivity index (χ4n) is 3.73. The van der Waals surface area contributed by atoms with E-state index in [4.69, 9.17) is 11.6 Å². The predicted molar refractivity (Wildman–Crippen MR) is 140 cm³/mol. The van der Waals surface area contributed by atoms with Crippen molar-refractivity contribution in [3.63, 3.8) is 0 Å². The molecule has 0 unspecified atom stereocenters. The van der Waals surface area contributed by atoms with Crippen LogP contribution in [0.3, 0.4) is 0 Å². The molecule has 0 saturated carbocycles. The summed E-state index contributed by atoms with van der Waals surface area (Å²) >= 11 is 6.40. The summed E-state index contributed by atoms with van der Waals surface area (Å²) in [4.78, 5) is 13.6. The molecular formula is C24H30ClN7O2S. The Morgan fingerprint density at radius 1 is 0.971 bits per heavy atom. The van der Waals surface area contributed by atoms with Crippen molar-refractivity contribution in [1.82, 2.24) is 24.1 Å². The van der Waals surface area contributed by atoms with E-state index in [2.05, 4.69) is 49.6 Å². The summed E-state index contributed by atoms with van der Waals surface area (Å²) in [7, 11) is 1.50. The van der Waals surface area contributed by atoms with E-state index in [0.717, 1.165) is 42.7 Å². The standard InChI is InChI=1S/C24H30ClN7O2S/c1-30(2)35(33,34)22-7-5-4-6-20(22)28-21-16-26-24(29-23(21)25)27-19-10-8-18(9-11-19)17-32-14-12-31(3)13-15-32/h4-11,16,28H,12-15,17H2,1-3H3,(H,26,27,29). The van der Waals surface area contributed by atoms with Crippen molar-refractivity contribution >= 4 is 44.6 Å². The second kappa shape index (κ2) is 10.9. The Labute approximate surface area is 211 Å². The molecule has 2 heterocycles. The van der Waals surface area contributed by atoms with Crippen LogP contribution in [-0.4, -0.2) is 79.8 Å². The van der Waals surface area contributed by atoms with Crippen LogP contribution in [0.1, 0.15) is 5.56 Å². The molecule has 4 rings (SSSR count). The van der Waals surface area contributed by atoms with Gasteiger partial charge in [-0.05, 0) is 36.9 Å². The van der Waals surface area contributed by atoms with E-state index in [1.54, 1.807) is 18.2 Å². The molecule has 1 aromatic heterocycles. The van der Waals surface area contributed by atoms with Gasteiger partial charge in [-0.3, -0.25) is 4.90 Å². The monoisotopic (exact) mass is 515 g/mol. The smallest absolute Gasteiger partial charge is 0.244 e. The SMILES string of the molecule is CN1CCN(Cc2ccc(Nc3ncc(Nc4ccccc4S(=O)(=O)N(C)C)c(Cl)n3)cc2)CC1. The minimum Gasteiger partial charge on any atom is -0.351 e. The maximum Gasteiger partial charge on any atom is 0.244 e. The van der Waals surface area contributed by atoms with Crippen LogP contribution in [0.5, 0.6) is 0 Å². The lowest BCUT2D eigenvalue weighted by atomic mass is 10.2. The van der Waals surface area contributed by atoms with Crippen molar-refractivity contribution in [2.45, 2.75) is 11.4 Å². The first-order valence-electron chi connectivity index (χ1n) is 11.3. The van der Waals surface area contributed by atoms with Gasteiger partial charge in [0.05, 0.1) is 17.6 Å². The number of para-hydroxylation sites is 1. The quantitative estimate of drug-likeness (QED) is 0.439. The Morgan fingerprint density at radius 3 is 2.31 bits per heavy atom. The lowest BCUT2D eigenvalue weighted by Crippen LogP contribution is -2.43. The molecule has 2 aromatic carbocycles. The van der Waals surface area contributed by atoms with Gasteiger partial charge in [-0.15, -0.1) is 0 Å². The Bertz CT molecular complexity index is 1260. The molecule has 0 spiro atoms. The van der Waals surface area contributed by atoms with E-state index in [-0.39, 0.29) is 10.0 Å². The predicted octanol–water partition coefficient (Wildman–Crippen LogP) is 3.61. The number of halogens is 1. The summed E-state index contributed by atoms with van der Waals surface area (Å²) in [6.07, 6.45) is 1.53. The molecule has 0 radical (unpaired) electrons. The molecule has 0 aliphatic carbocycles. The molecule has 0 atom stereocenters. The lowest BCUT2D eigenvalue weighted by molar-refractivity contribution is 0.148. The Kier molecular flexibility index (Phi) is 7.88. The van der Waals surface area contributed by atoms with Crippen molar-refractivity contribution in [2.24, 2.45) is 0 Å². The number of piperazine rings is 1. The summed E-state index contributed by atoms with van der Waals surface area (Å²) in [6, 6.07) is 14.8. The molecular weight excluding hydrogens is 486 g/mol. The number of benzene rings is 2. The van der Waals surface area contributed by atoms with Gasteiger partial charge in [0.25, 0.3) is 0 Å². The summed E-state index contributed by atoms with van der Waals surface area (Å²) in [5.74, 6) is 0.349. The summed E-state index contributed by atoms with van der Waals surface area (Å²) in [5.41, 5.74) is 2.90. The van der Waals surface area contributed by atoms with Crippen molar-refractivity contribution in [1.29, 1.82) is 0 Å². The van der Waals surface area contributed by atoms with Crippen LogP contribution in [-0.2, 0) is 16.6 Å². The largest absolute Gasteiger partial charge is 0.351 e. The number of rotatable bonds is 8. The molecule has 186 valence electrons. The first-order valence-corrected chi connectivity index (χ1v) is 13.1. The molecule has 1 saturated heterocycles. The molecule has 1 aliphatic heterocycles. The van der Waals surface area contributed by atoms with E-state index in [1.807, 2.05) is 12.1 Å². The Hall–Kier alpha value is -2.76. The number of aromatic nitrogens is 2. The molecule has 1 aliphatic rings. The number of hydrogen-bond donors (Lipinski definition) is 2. The van der Waals surface area contributed by atoms with Gasteiger partial charge in [0.15, 0.2) is 5.15 Å². The molecule has 1 fully saturated rings. The van der Waals surface area contributed by atoms with Gasteiger partial charge in [0, 0.05) is 52.5 Å².